The first kappa shape index (κ1) is 20.9. The summed E-state index contributed by atoms with van der Waals surface area (Å²) >= 11 is 0. The number of hydrogen-bond donors (Lipinski definition) is 1. The lowest BCUT2D eigenvalue weighted by atomic mass is 9.67. The van der Waals surface area contributed by atoms with E-state index >= 15 is 0 Å². The van der Waals surface area contributed by atoms with Crippen LogP contribution in [0.2, 0.25) is 0 Å². The Hall–Kier alpha value is -1.42. The molecule has 1 saturated carbocycles. The van der Waals surface area contributed by atoms with E-state index in [0.29, 0.717) is 18.4 Å². The summed E-state index contributed by atoms with van der Waals surface area (Å²) in [7, 11) is 0. The summed E-state index contributed by atoms with van der Waals surface area (Å²) in [4.78, 5) is 24.3. The molecule has 1 fully saturated rings. The van der Waals surface area contributed by atoms with Gasteiger partial charge in [-0.1, -0.05) is 32.9 Å². The molecular weight excluding hydrogens is 328 g/mol. The number of ether oxygens (including phenoxy) is 1. The maximum Gasteiger partial charge on any atom is 0.303 e. The van der Waals surface area contributed by atoms with Crippen molar-refractivity contribution in [3.63, 3.8) is 0 Å². The maximum absolute atomic E-state index is 12.8. The van der Waals surface area contributed by atoms with Crippen LogP contribution >= 0.6 is 0 Å². The standard InChI is InChI=1S/C22H34O4/c1-14(2)22(25)12-11-21(6)10-9-16(4)19(26-17(5)23)8-7-15(3)18(24)13-20(21)22/h7,9,14,19-20,25H,8,10-13H2,1-6H3/b15-7+,16-9+/t19-,20+,21-,22+/m0/s1. The van der Waals surface area contributed by atoms with Gasteiger partial charge in [-0.2, -0.15) is 0 Å². The molecule has 0 heterocycles. The van der Waals surface area contributed by atoms with Gasteiger partial charge in [0.25, 0.3) is 0 Å². The van der Waals surface area contributed by atoms with Crippen molar-refractivity contribution >= 4 is 11.8 Å². The van der Waals surface area contributed by atoms with Crippen LogP contribution in [0.1, 0.15) is 73.6 Å². The summed E-state index contributed by atoms with van der Waals surface area (Å²) in [6, 6.07) is 0. The Morgan fingerprint density at radius 2 is 1.92 bits per heavy atom. The highest BCUT2D eigenvalue weighted by molar-refractivity contribution is 5.95. The summed E-state index contributed by atoms with van der Waals surface area (Å²) in [6.45, 7) is 11.5. The van der Waals surface area contributed by atoms with Gasteiger partial charge in [-0.3, -0.25) is 9.59 Å². The van der Waals surface area contributed by atoms with Crippen molar-refractivity contribution in [1.29, 1.82) is 0 Å². The zero-order chi connectivity index (χ0) is 19.7. The molecule has 0 spiro atoms. The maximum atomic E-state index is 12.8. The summed E-state index contributed by atoms with van der Waals surface area (Å²) in [5.74, 6) is -0.187. The average Bonchev–Trinajstić information content (AvgIpc) is 2.81. The molecule has 1 N–H and O–H groups in total. The van der Waals surface area contributed by atoms with Crippen LogP contribution in [-0.2, 0) is 14.3 Å². The number of ketones is 1. The van der Waals surface area contributed by atoms with Crippen LogP contribution in [0.15, 0.2) is 23.3 Å². The Morgan fingerprint density at radius 1 is 1.27 bits per heavy atom. The molecule has 0 aromatic heterocycles. The van der Waals surface area contributed by atoms with E-state index in [4.69, 9.17) is 4.74 Å². The van der Waals surface area contributed by atoms with Gasteiger partial charge < -0.3 is 9.84 Å². The van der Waals surface area contributed by atoms with Crippen molar-refractivity contribution in [2.24, 2.45) is 17.3 Å². The second kappa shape index (κ2) is 7.67. The summed E-state index contributed by atoms with van der Waals surface area (Å²) in [5, 5.41) is 11.4. The highest BCUT2D eigenvalue weighted by Gasteiger charge is 2.55. The Balaban J connectivity index is 2.45. The highest BCUT2D eigenvalue weighted by atomic mass is 16.5. The van der Waals surface area contributed by atoms with Gasteiger partial charge in [-0.25, -0.2) is 0 Å². The van der Waals surface area contributed by atoms with Gasteiger partial charge in [0.05, 0.1) is 5.60 Å². The van der Waals surface area contributed by atoms with Crippen molar-refractivity contribution < 1.29 is 19.4 Å². The summed E-state index contributed by atoms with van der Waals surface area (Å²) in [6.07, 6.45) is 6.97. The molecule has 2 aliphatic carbocycles. The number of esters is 1. The molecule has 0 radical (unpaired) electrons. The third-order valence-electron chi connectivity index (χ3n) is 6.71. The predicted molar refractivity (Wildman–Crippen MR) is 103 cm³/mol. The van der Waals surface area contributed by atoms with Crippen LogP contribution in [0.25, 0.3) is 0 Å². The van der Waals surface area contributed by atoms with Crippen molar-refractivity contribution in [2.75, 3.05) is 0 Å². The quantitative estimate of drug-likeness (QED) is 0.585. The normalized spacial score (nSPS) is 40.1. The minimum atomic E-state index is -0.810. The van der Waals surface area contributed by atoms with Crippen LogP contribution in [0.4, 0.5) is 0 Å². The lowest BCUT2D eigenvalue weighted by Gasteiger charge is -2.40. The summed E-state index contributed by atoms with van der Waals surface area (Å²) < 4.78 is 5.47. The monoisotopic (exact) mass is 362 g/mol. The largest absolute Gasteiger partial charge is 0.458 e. The molecule has 2 aliphatic rings. The van der Waals surface area contributed by atoms with Crippen molar-refractivity contribution in [2.45, 2.75) is 85.4 Å². The molecule has 0 amide bonds. The third kappa shape index (κ3) is 4.11. The number of fused-ring (bicyclic) bond motifs is 1. The highest BCUT2D eigenvalue weighted by Crippen LogP contribution is 2.56. The van der Waals surface area contributed by atoms with Gasteiger partial charge >= 0.3 is 5.97 Å². The number of hydrogen-bond acceptors (Lipinski definition) is 4. The number of carbonyl (C=O) groups excluding carboxylic acids is 2. The number of Topliss-reactive ketones (excluding diaryl/α,β-unsaturated/α-hetero) is 1. The fourth-order valence-electron chi connectivity index (χ4n) is 4.59. The molecule has 0 saturated heterocycles. The molecule has 4 heteroatoms. The Labute approximate surface area is 157 Å². The van der Waals surface area contributed by atoms with Gasteiger partial charge in [-0.15, -0.1) is 0 Å². The number of aliphatic hydroxyl groups is 1. The minimum Gasteiger partial charge on any atom is -0.458 e. The molecule has 4 nitrogen and oxygen atoms in total. The van der Waals surface area contributed by atoms with E-state index in [0.717, 1.165) is 24.8 Å². The molecule has 26 heavy (non-hydrogen) atoms. The lowest BCUT2D eigenvalue weighted by molar-refractivity contribution is -0.144. The van der Waals surface area contributed by atoms with E-state index in [1.165, 1.54) is 6.92 Å². The van der Waals surface area contributed by atoms with Crippen molar-refractivity contribution in [1.82, 2.24) is 0 Å². The zero-order valence-corrected chi connectivity index (χ0v) is 17.1. The number of rotatable bonds is 2. The van der Waals surface area contributed by atoms with Gasteiger partial charge in [0.1, 0.15) is 6.10 Å². The first-order valence-electron chi connectivity index (χ1n) is 9.76. The van der Waals surface area contributed by atoms with E-state index in [-0.39, 0.29) is 35.1 Å². The van der Waals surface area contributed by atoms with E-state index < -0.39 is 5.60 Å². The molecule has 0 aromatic carbocycles. The molecule has 0 aliphatic heterocycles. The van der Waals surface area contributed by atoms with E-state index in [2.05, 4.69) is 13.0 Å². The minimum absolute atomic E-state index is 0.0693. The fraction of sp³-hybridized carbons (Fsp3) is 0.727. The Bertz CT molecular complexity index is 630. The van der Waals surface area contributed by atoms with Crippen LogP contribution in [-0.4, -0.2) is 28.6 Å². The van der Waals surface area contributed by atoms with E-state index in [1.807, 2.05) is 33.8 Å². The molecule has 146 valence electrons. The lowest BCUT2D eigenvalue weighted by Crippen LogP contribution is -2.44. The second-order valence-electron chi connectivity index (χ2n) is 8.85. The topological polar surface area (TPSA) is 63.6 Å². The Morgan fingerprint density at radius 3 is 2.50 bits per heavy atom. The fourth-order valence-corrected chi connectivity index (χ4v) is 4.59. The second-order valence-corrected chi connectivity index (χ2v) is 8.85. The van der Waals surface area contributed by atoms with Crippen LogP contribution < -0.4 is 0 Å². The molecule has 4 atom stereocenters. The third-order valence-corrected chi connectivity index (χ3v) is 6.71. The molecule has 2 rings (SSSR count). The predicted octanol–water partition coefficient (Wildman–Crippen LogP) is 4.37. The van der Waals surface area contributed by atoms with Gasteiger partial charge in [-0.05, 0) is 55.6 Å². The van der Waals surface area contributed by atoms with E-state index in [9.17, 15) is 14.7 Å². The summed E-state index contributed by atoms with van der Waals surface area (Å²) in [5.41, 5.74) is 0.757. The SMILES string of the molecule is CC(=O)O[C@H]1C/C=C(\C)C(=O)C[C@@H]2[C@@](C)(C/C=C/1C)CC[C@@]2(O)C(C)C. The smallest absolute Gasteiger partial charge is 0.303 e. The molecule has 0 unspecified atom stereocenters. The van der Waals surface area contributed by atoms with Crippen molar-refractivity contribution in [3.8, 4) is 0 Å². The van der Waals surface area contributed by atoms with E-state index in [1.54, 1.807) is 0 Å². The first-order chi connectivity index (χ1) is 12.0. The van der Waals surface area contributed by atoms with Gasteiger partial charge in [0.2, 0.25) is 0 Å². The Kier molecular flexibility index (Phi) is 6.17. The van der Waals surface area contributed by atoms with Gasteiger partial charge in [0.15, 0.2) is 5.78 Å². The first-order valence-corrected chi connectivity index (χ1v) is 9.76. The zero-order valence-electron chi connectivity index (χ0n) is 17.1. The average molecular weight is 363 g/mol. The molecular formula is C22H34O4. The van der Waals surface area contributed by atoms with Crippen LogP contribution in [0.5, 0.6) is 0 Å². The number of allylic oxidation sites excluding steroid dienone is 2. The van der Waals surface area contributed by atoms with Crippen LogP contribution in [0.3, 0.4) is 0 Å². The van der Waals surface area contributed by atoms with Crippen LogP contribution in [0, 0.1) is 17.3 Å². The number of carbonyl (C=O) groups is 2. The van der Waals surface area contributed by atoms with Gasteiger partial charge in [0, 0.05) is 25.7 Å². The molecule has 0 aromatic rings. The molecule has 0 bridgehead atoms. The van der Waals surface area contributed by atoms with Crippen molar-refractivity contribution in [3.05, 3.63) is 23.3 Å².